The van der Waals surface area contributed by atoms with Gasteiger partial charge in [0, 0.05) is 6.42 Å². The Labute approximate surface area is 71.6 Å². The summed E-state index contributed by atoms with van der Waals surface area (Å²) in [7, 11) is 0. The van der Waals surface area contributed by atoms with Crippen molar-refractivity contribution in [2.24, 2.45) is 0 Å². The highest BCUT2D eigenvalue weighted by Gasteiger charge is 2.29. The minimum Gasteiger partial charge on any atom is -0.481 e. The quantitative estimate of drug-likeness (QED) is 0.560. The van der Waals surface area contributed by atoms with Crippen molar-refractivity contribution in [3.63, 3.8) is 0 Å². The SMILES string of the molecule is O=C(O)CCC1(O)CCNCC1. The molecule has 12 heavy (non-hydrogen) atoms. The molecule has 0 aliphatic carbocycles. The van der Waals surface area contributed by atoms with Crippen LogP contribution in [-0.2, 0) is 4.79 Å². The first kappa shape index (κ1) is 9.48. The van der Waals surface area contributed by atoms with E-state index in [-0.39, 0.29) is 6.42 Å². The van der Waals surface area contributed by atoms with Crippen LogP contribution in [0.2, 0.25) is 0 Å². The van der Waals surface area contributed by atoms with Crippen LogP contribution < -0.4 is 5.32 Å². The van der Waals surface area contributed by atoms with Crippen molar-refractivity contribution < 1.29 is 15.0 Å². The van der Waals surface area contributed by atoms with Gasteiger partial charge in [0.25, 0.3) is 0 Å². The van der Waals surface area contributed by atoms with Crippen molar-refractivity contribution in [3.8, 4) is 0 Å². The van der Waals surface area contributed by atoms with Crippen LogP contribution in [0.25, 0.3) is 0 Å². The molecule has 70 valence electrons. The third-order valence-corrected chi connectivity index (χ3v) is 2.34. The van der Waals surface area contributed by atoms with Crippen molar-refractivity contribution in [2.45, 2.75) is 31.3 Å². The summed E-state index contributed by atoms with van der Waals surface area (Å²) in [5.41, 5.74) is -0.732. The minimum absolute atomic E-state index is 0.0660. The molecule has 0 spiro atoms. The van der Waals surface area contributed by atoms with Gasteiger partial charge in [-0.2, -0.15) is 0 Å². The molecule has 3 N–H and O–H groups in total. The zero-order valence-corrected chi connectivity index (χ0v) is 7.05. The summed E-state index contributed by atoms with van der Waals surface area (Å²) in [4.78, 5) is 10.3. The number of hydrogen-bond donors (Lipinski definition) is 3. The van der Waals surface area contributed by atoms with E-state index in [0.717, 1.165) is 13.1 Å². The first-order valence-electron chi connectivity index (χ1n) is 4.27. The van der Waals surface area contributed by atoms with Crippen LogP contribution in [0.15, 0.2) is 0 Å². The maximum atomic E-state index is 10.3. The van der Waals surface area contributed by atoms with Gasteiger partial charge in [0.1, 0.15) is 0 Å². The maximum Gasteiger partial charge on any atom is 0.303 e. The lowest BCUT2D eigenvalue weighted by Gasteiger charge is -2.32. The Kier molecular flexibility index (Phi) is 3.05. The van der Waals surface area contributed by atoms with Crippen LogP contribution in [0.3, 0.4) is 0 Å². The van der Waals surface area contributed by atoms with Crippen LogP contribution in [0.1, 0.15) is 25.7 Å². The average molecular weight is 173 g/mol. The lowest BCUT2D eigenvalue weighted by atomic mass is 9.88. The molecule has 1 rings (SSSR count). The smallest absolute Gasteiger partial charge is 0.303 e. The largest absolute Gasteiger partial charge is 0.481 e. The zero-order valence-electron chi connectivity index (χ0n) is 7.05. The van der Waals surface area contributed by atoms with Gasteiger partial charge >= 0.3 is 5.97 Å². The molecular weight excluding hydrogens is 158 g/mol. The Bertz CT molecular complexity index is 164. The van der Waals surface area contributed by atoms with E-state index < -0.39 is 11.6 Å². The number of aliphatic hydroxyl groups is 1. The average Bonchev–Trinajstić information content (AvgIpc) is 2.03. The monoisotopic (exact) mass is 173 g/mol. The summed E-state index contributed by atoms with van der Waals surface area (Å²) in [6, 6.07) is 0. The molecule has 0 atom stereocenters. The highest BCUT2D eigenvalue weighted by atomic mass is 16.4. The second-order valence-electron chi connectivity index (χ2n) is 3.37. The normalized spacial score (nSPS) is 22.1. The fourth-order valence-electron chi connectivity index (χ4n) is 1.48. The molecule has 0 unspecified atom stereocenters. The first-order chi connectivity index (χ1) is 5.62. The molecule has 4 heteroatoms. The van der Waals surface area contributed by atoms with Gasteiger partial charge in [-0.3, -0.25) is 4.79 Å². The highest BCUT2D eigenvalue weighted by Crippen LogP contribution is 2.23. The van der Waals surface area contributed by atoms with Gasteiger partial charge in [0.15, 0.2) is 0 Å². The Hall–Kier alpha value is -0.610. The first-order valence-corrected chi connectivity index (χ1v) is 4.27. The molecule has 1 aliphatic heterocycles. The minimum atomic E-state index is -0.832. The van der Waals surface area contributed by atoms with E-state index in [2.05, 4.69) is 5.32 Å². The maximum absolute atomic E-state index is 10.3. The fourth-order valence-corrected chi connectivity index (χ4v) is 1.48. The summed E-state index contributed by atoms with van der Waals surface area (Å²) in [6.07, 6.45) is 1.78. The Balaban J connectivity index is 2.31. The molecule has 0 aromatic rings. The van der Waals surface area contributed by atoms with Gasteiger partial charge in [0.05, 0.1) is 5.60 Å². The van der Waals surface area contributed by atoms with Gasteiger partial charge < -0.3 is 15.5 Å². The highest BCUT2D eigenvalue weighted by molar-refractivity contribution is 5.66. The van der Waals surface area contributed by atoms with E-state index in [1.54, 1.807) is 0 Å². The molecule has 0 aromatic heterocycles. The summed E-state index contributed by atoms with van der Waals surface area (Å²) in [5, 5.41) is 21.4. The Morgan fingerprint density at radius 2 is 2.00 bits per heavy atom. The number of aliphatic carboxylic acids is 1. The molecular formula is C8H15NO3. The van der Waals surface area contributed by atoms with Crippen molar-refractivity contribution >= 4 is 5.97 Å². The molecule has 0 saturated carbocycles. The summed E-state index contributed by atoms with van der Waals surface area (Å²) in [5.74, 6) is -0.832. The lowest BCUT2D eigenvalue weighted by molar-refractivity contribution is -0.138. The van der Waals surface area contributed by atoms with Crippen LogP contribution >= 0.6 is 0 Å². The van der Waals surface area contributed by atoms with Crippen molar-refractivity contribution in [3.05, 3.63) is 0 Å². The molecule has 0 aromatic carbocycles. The second-order valence-corrected chi connectivity index (χ2v) is 3.37. The predicted octanol–water partition coefficient (Wildman–Crippen LogP) is -0.0343. The molecule has 1 aliphatic rings. The molecule has 0 amide bonds. The van der Waals surface area contributed by atoms with E-state index in [1.807, 2.05) is 0 Å². The number of hydrogen-bond acceptors (Lipinski definition) is 3. The van der Waals surface area contributed by atoms with E-state index in [9.17, 15) is 9.90 Å². The van der Waals surface area contributed by atoms with Crippen LogP contribution in [-0.4, -0.2) is 34.9 Å². The van der Waals surface area contributed by atoms with Crippen LogP contribution in [0.4, 0.5) is 0 Å². The zero-order chi connectivity index (χ0) is 9.03. The summed E-state index contributed by atoms with van der Waals surface area (Å²) in [6.45, 7) is 1.58. The van der Waals surface area contributed by atoms with E-state index in [4.69, 9.17) is 5.11 Å². The lowest BCUT2D eigenvalue weighted by Crippen LogP contribution is -2.42. The van der Waals surface area contributed by atoms with Crippen molar-refractivity contribution in [1.82, 2.24) is 5.32 Å². The molecule has 4 nitrogen and oxygen atoms in total. The van der Waals surface area contributed by atoms with Gasteiger partial charge in [0.2, 0.25) is 0 Å². The third kappa shape index (κ3) is 2.79. The van der Waals surface area contributed by atoms with Crippen molar-refractivity contribution in [1.29, 1.82) is 0 Å². The van der Waals surface area contributed by atoms with Gasteiger partial charge in [-0.15, -0.1) is 0 Å². The number of carbonyl (C=O) groups is 1. The number of carboxylic acids is 1. The van der Waals surface area contributed by atoms with Gasteiger partial charge in [-0.25, -0.2) is 0 Å². The van der Waals surface area contributed by atoms with Gasteiger partial charge in [-0.1, -0.05) is 0 Å². The molecule has 1 saturated heterocycles. The van der Waals surface area contributed by atoms with Gasteiger partial charge in [-0.05, 0) is 32.4 Å². The topological polar surface area (TPSA) is 69.6 Å². The fraction of sp³-hybridized carbons (Fsp3) is 0.875. The molecule has 0 radical (unpaired) electrons. The standard InChI is InChI=1S/C8H15NO3/c10-7(11)1-2-8(12)3-5-9-6-4-8/h9,12H,1-6H2,(H,10,11). The van der Waals surface area contributed by atoms with E-state index >= 15 is 0 Å². The Morgan fingerprint density at radius 3 is 2.50 bits per heavy atom. The summed E-state index contributed by atoms with van der Waals surface area (Å²) < 4.78 is 0. The molecule has 0 bridgehead atoms. The number of piperidine rings is 1. The van der Waals surface area contributed by atoms with Crippen LogP contribution in [0.5, 0.6) is 0 Å². The van der Waals surface area contributed by atoms with E-state index in [1.165, 1.54) is 0 Å². The third-order valence-electron chi connectivity index (χ3n) is 2.34. The number of nitrogens with one attached hydrogen (secondary N) is 1. The number of rotatable bonds is 3. The second kappa shape index (κ2) is 3.87. The van der Waals surface area contributed by atoms with Crippen LogP contribution in [0, 0.1) is 0 Å². The Morgan fingerprint density at radius 1 is 1.42 bits per heavy atom. The van der Waals surface area contributed by atoms with E-state index in [0.29, 0.717) is 19.3 Å². The molecule has 1 heterocycles. The summed E-state index contributed by atoms with van der Waals surface area (Å²) >= 11 is 0. The van der Waals surface area contributed by atoms with Crippen molar-refractivity contribution in [2.75, 3.05) is 13.1 Å². The predicted molar refractivity (Wildman–Crippen MR) is 43.9 cm³/mol. The number of carboxylic acid groups (broad SMARTS) is 1. The molecule has 1 fully saturated rings.